The molecule has 0 bridgehead atoms. The van der Waals surface area contributed by atoms with Crippen LogP contribution in [0.2, 0.25) is 0 Å². The van der Waals surface area contributed by atoms with Gasteiger partial charge in [-0.3, -0.25) is 4.98 Å². The molecule has 1 aromatic rings. The maximum atomic E-state index is 13.2. The molecular weight excluding hydrogens is 155 g/mol. The van der Waals surface area contributed by atoms with E-state index in [1.165, 1.54) is 12.3 Å². The zero-order valence-electron chi connectivity index (χ0n) is 6.97. The smallest absolute Gasteiger partial charge is 0.131 e. The lowest BCUT2D eigenvalue weighted by atomic mass is 10.00. The van der Waals surface area contributed by atoms with Crippen molar-refractivity contribution in [1.29, 1.82) is 0 Å². The van der Waals surface area contributed by atoms with Gasteiger partial charge in [0.25, 0.3) is 0 Å². The number of nitrogens with one attached hydrogen (secondary N) is 1. The highest BCUT2D eigenvalue weighted by atomic mass is 19.1. The molecule has 3 heteroatoms. The highest BCUT2D eigenvalue weighted by Gasteiger charge is 2.19. The molecule has 1 atom stereocenters. The van der Waals surface area contributed by atoms with E-state index in [1.54, 1.807) is 0 Å². The second kappa shape index (κ2) is 2.83. The third kappa shape index (κ3) is 1.10. The highest BCUT2D eigenvalue weighted by Crippen LogP contribution is 2.22. The molecule has 1 aliphatic rings. The number of pyridine rings is 1. The summed E-state index contributed by atoms with van der Waals surface area (Å²) in [5.74, 6) is -0.139. The Hall–Kier alpha value is -0.960. The van der Waals surface area contributed by atoms with Crippen molar-refractivity contribution in [2.75, 3.05) is 6.54 Å². The van der Waals surface area contributed by atoms with Crippen molar-refractivity contribution in [2.45, 2.75) is 19.4 Å². The summed E-state index contributed by atoms with van der Waals surface area (Å²) in [6, 6.07) is 1.52. The summed E-state index contributed by atoms with van der Waals surface area (Å²) >= 11 is 0. The number of hydrogen-bond donors (Lipinski definition) is 1. The lowest BCUT2D eigenvalue weighted by molar-refractivity contribution is 0.491. The predicted molar refractivity (Wildman–Crippen MR) is 44.3 cm³/mol. The van der Waals surface area contributed by atoms with E-state index in [4.69, 9.17) is 0 Å². The molecule has 0 aromatic carbocycles. The van der Waals surface area contributed by atoms with Gasteiger partial charge in [0.15, 0.2) is 0 Å². The topological polar surface area (TPSA) is 24.9 Å². The molecule has 0 spiro atoms. The van der Waals surface area contributed by atoms with Crippen molar-refractivity contribution in [1.82, 2.24) is 10.3 Å². The van der Waals surface area contributed by atoms with Crippen LogP contribution in [0.25, 0.3) is 0 Å². The Morgan fingerprint density at radius 1 is 1.67 bits per heavy atom. The summed E-state index contributed by atoms with van der Waals surface area (Å²) in [5, 5.41) is 3.20. The number of nitrogens with zero attached hydrogens (tertiary/aromatic N) is 1. The number of rotatable bonds is 0. The Morgan fingerprint density at radius 2 is 2.50 bits per heavy atom. The molecule has 0 amide bonds. The minimum Gasteiger partial charge on any atom is -0.310 e. The van der Waals surface area contributed by atoms with Gasteiger partial charge in [0.2, 0.25) is 0 Å². The first kappa shape index (κ1) is 7.68. The Bertz CT molecular complexity index is 299. The normalized spacial score (nSPS) is 22.0. The van der Waals surface area contributed by atoms with Crippen LogP contribution < -0.4 is 5.32 Å². The van der Waals surface area contributed by atoms with E-state index in [1.807, 2.05) is 6.92 Å². The minimum atomic E-state index is -0.139. The average molecular weight is 166 g/mol. The van der Waals surface area contributed by atoms with Crippen molar-refractivity contribution >= 4 is 0 Å². The van der Waals surface area contributed by atoms with Gasteiger partial charge >= 0.3 is 0 Å². The fraction of sp³-hybridized carbons (Fsp3) is 0.444. The minimum absolute atomic E-state index is 0.0995. The average Bonchev–Trinajstić information content (AvgIpc) is 2.04. The molecule has 2 heterocycles. The summed E-state index contributed by atoms with van der Waals surface area (Å²) in [6.45, 7) is 2.85. The van der Waals surface area contributed by atoms with Crippen molar-refractivity contribution in [3.05, 3.63) is 29.3 Å². The van der Waals surface area contributed by atoms with Crippen LogP contribution in [0.5, 0.6) is 0 Å². The second-order valence-corrected chi connectivity index (χ2v) is 3.08. The fourth-order valence-corrected chi connectivity index (χ4v) is 1.65. The summed E-state index contributed by atoms with van der Waals surface area (Å²) < 4.78 is 13.2. The second-order valence-electron chi connectivity index (χ2n) is 3.08. The van der Waals surface area contributed by atoms with Crippen LogP contribution >= 0.6 is 0 Å². The maximum absolute atomic E-state index is 13.2. The largest absolute Gasteiger partial charge is 0.310 e. The maximum Gasteiger partial charge on any atom is 0.131 e. The monoisotopic (exact) mass is 166 g/mol. The van der Waals surface area contributed by atoms with Crippen molar-refractivity contribution in [3.63, 3.8) is 0 Å². The lowest BCUT2D eigenvalue weighted by Crippen LogP contribution is -2.29. The number of hydrogen-bond acceptors (Lipinski definition) is 2. The molecule has 1 N–H and O–H groups in total. The fourth-order valence-electron chi connectivity index (χ4n) is 1.65. The van der Waals surface area contributed by atoms with Crippen LogP contribution in [-0.4, -0.2) is 11.5 Å². The van der Waals surface area contributed by atoms with Gasteiger partial charge in [0, 0.05) is 36.5 Å². The first-order valence-electron chi connectivity index (χ1n) is 4.15. The summed E-state index contributed by atoms with van der Waals surface area (Å²) in [7, 11) is 0. The molecule has 1 unspecified atom stereocenters. The third-order valence-corrected chi connectivity index (χ3v) is 2.26. The Balaban J connectivity index is 2.53. The van der Waals surface area contributed by atoms with Gasteiger partial charge in [-0.1, -0.05) is 0 Å². The molecule has 2 nitrogen and oxygen atoms in total. The molecule has 0 saturated carbocycles. The Kier molecular flexibility index (Phi) is 1.81. The molecule has 1 aliphatic heterocycles. The van der Waals surface area contributed by atoms with E-state index in [2.05, 4.69) is 10.3 Å². The van der Waals surface area contributed by atoms with Crippen molar-refractivity contribution < 1.29 is 4.39 Å². The van der Waals surface area contributed by atoms with Gasteiger partial charge in [-0.2, -0.15) is 0 Å². The first-order valence-corrected chi connectivity index (χ1v) is 4.15. The zero-order chi connectivity index (χ0) is 8.55. The van der Waals surface area contributed by atoms with Crippen LogP contribution in [-0.2, 0) is 6.42 Å². The van der Waals surface area contributed by atoms with Crippen molar-refractivity contribution in [3.8, 4) is 0 Å². The van der Waals surface area contributed by atoms with E-state index < -0.39 is 0 Å². The Labute approximate surface area is 70.8 Å². The van der Waals surface area contributed by atoms with Crippen LogP contribution in [0.3, 0.4) is 0 Å². The van der Waals surface area contributed by atoms with E-state index in [-0.39, 0.29) is 11.9 Å². The highest BCUT2D eigenvalue weighted by molar-refractivity contribution is 5.27. The molecule has 1 aromatic heterocycles. The van der Waals surface area contributed by atoms with Gasteiger partial charge in [-0.05, 0) is 13.0 Å². The molecule has 0 aliphatic carbocycles. The molecule has 0 radical (unpaired) electrons. The van der Waals surface area contributed by atoms with Gasteiger partial charge in [-0.25, -0.2) is 4.39 Å². The predicted octanol–water partition coefficient (Wildman–Crippen LogP) is 1.43. The number of fused-ring (bicyclic) bond motifs is 1. The van der Waals surface area contributed by atoms with Gasteiger partial charge in [0.1, 0.15) is 5.82 Å². The van der Waals surface area contributed by atoms with E-state index >= 15 is 0 Å². The molecular formula is C9H11FN2. The molecule has 0 saturated heterocycles. The van der Waals surface area contributed by atoms with E-state index in [0.29, 0.717) is 0 Å². The van der Waals surface area contributed by atoms with Crippen LogP contribution in [0.1, 0.15) is 24.2 Å². The first-order chi connectivity index (χ1) is 5.79. The summed E-state index contributed by atoms with van der Waals surface area (Å²) in [5.41, 5.74) is 1.64. The van der Waals surface area contributed by atoms with E-state index in [9.17, 15) is 4.39 Å². The molecule has 0 fully saturated rings. The van der Waals surface area contributed by atoms with Crippen molar-refractivity contribution in [2.24, 2.45) is 0 Å². The van der Waals surface area contributed by atoms with Crippen LogP contribution in [0, 0.1) is 5.82 Å². The van der Waals surface area contributed by atoms with E-state index in [0.717, 1.165) is 24.2 Å². The summed E-state index contributed by atoms with van der Waals surface area (Å²) in [6.07, 6.45) is 2.36. The molecule has 2 rings (SSSR count). The molecule has 64 valence electrons. The van der Waals surface area contributed by atoms with Crippen LogP contribution in [0.4, 0.5) is 4.39 Å². The number of aromatic nitrogens is 1. The third-order valence-electron chi connectivity index (χ3n) is 2.26. The van der Waals surface area contributed by atoms with Crippen LogP contribution in [0.15, 0.2) is 12.3 Å². The zero-order valence-corrected chi connectivity index (χ0v) is 6.97. The number of halogens is 1. The van der Waals surface area contributed by atoms with Gasteiger partial charge in [-0.15, -0.1) is 0 Å². The summed E-state index contributed by atoms with van der Waals surface area (Å²) in [4.78, 5) is 4.15. The SMILES string of the molecule is CC1NCCc2nccc(F)c21. The quantitative estimate of drug-likeness (QED) is 0.630. The molecule has 12 heavy (non-hydrogen) atoms. The van der Waals surface area contributed by atoms with Gasteiger partial charge in [0.05, 0.1) is 0 Å². The Morgan fingerprint density at radius 3 is 3.25 bits per heavy atom. The standard InChI is InChI=1S/C9H11FN2/c1-6-9-7(10)2-4-12-8(9)3-5-11-6/h2,4,6,11H,3,5H2,1H3. The van der Waals surface area contributed by atoms with Gasteiger partial charge < -0.3 is 5.32 Å². The lowest BCUT2D eigenvalue weighted by Gasteiger charge is -2.22.